The van der Waals surface area contributed by atoms with E-state index >= 15 is 0 Å². The van der Waals surface area contributed by atoms with Crippen molar-refractivity contribution in [1.29, 1.82) is 0 Å². The van der Waals surface area contributed by atoms with Crippen LogP contribution in [-0.2, 0) is 4.43 Å². The summed E-state index contributed by atoms with van der Waals surface area (Å²) < 4.78 is 11.8. The summed E-state index contributed by atoms with van der Waals surface area (Å²) in [5.74, 6) is 1.31. The van der Waals surface area contributed by atoms with E-state index in [2.05, 4.69) is 20.3 Å². The Morgan fingerprint density at radius 3 is 2.71 bits per heavy atom. The number of hydrogen-bond donors (Lipinski definition) is 0. The topological polar surface area (TPSA) is 77.8 Å². The molecular weight excluding hydrogens is 414 g/mol. The second-order valence-electron chi connectivity index (χ2n) is 2.31. The molecule has 0 fully saturated rings. The SMILES string of the molecule is Cc1nc([I-]Cc2noc(I)n2)no1. The zero-order valence-electron chi connectivity index (χ0n) is 7.07. The van der Waals surface area contributed by atoms with E-state index in [4.69, 9.17) is 9.05 Å². The maximum absolute atomic E-state index is 4.86. The van der Waals surface area contributed by atoms with Crippen molar-refractivity contribution in [2.45, 2.75) is 11.4 Å². The van der Waals surface area contributed by atoms with E-state index in [0.29, 0.717) is 15.6 Å². The number of aromatic nitrogens is 4. The normalized spacial score (nSPS) is 11.0. The van der Waals surface area contributed by atoms with Crippen molar-refractivity contribution in [1.82, 2.24) is 20.3 Å². The molecular formula is C6H5I2N4O2-. The monoisotopic (exact) mass is 419 g/mol. The van der Waals surface area contributed by atoms with Crippen molar-refractivity contribution >= 4 is 22.6 Å². The minimum atomic E-state index is -0.322. The molecule has 0 saturated heterocycles. The molecule has 0 aliphatic rings. The van der Waals surface area contributed by atoms with Gasteiger partial charge in [-0.15, -0.1) is 0 Å². The third-order valence-corrected chi connectivity index (χ3v) is 3.87. The van der Waals surface area contributed by atoms with E-state index in [-0.39, 0.29) is 21.2 Å². The third kappa shape index (κ3) is 2.62. The molecule has 2 heterocycles. The van der Waals surface area contributed by atoms with Crippen LogP contribution < -0.4 is 21.2 Å². The minimum absolute atomic E-state index is 0.322. The Labute approximate surface area is 103 Å². The van der Waals surface area contributed by atoms with E-state index in [1.807, 2.05) is 22.6 Å². The van der Waals surface area contributed by atoms with Gasteiger partial charge in [0.2, 0.25) is 0 Å². The van der Waals surface area contributed by atoms with Gasteiger partial charge in [0.05, 0.1) is 0 Å². The van der Waals surface area contributed by atoms with Crippen molar-refractivity contribution in [2.24, 2.45) is 0 Å². The van der Waals surface area contributed by atoms with Crippen molar-refractivity contribution in [3.63, 3.8) is 0 Å². The molecule has 2 rings (SSSR count). The van der Waals surface area contributed by atoms with Gasteiger partial charge >= 0.3 is 104 Å². The first-order valence-corrected chi connectivity index (χ1v) is 7.30. The van der Waals surface area contributed by atoms with Gasteiger partial charge in [-0.3, -0.25) is 0 Å². The standard InChI is InChI=1S/C6H5I2N4O2/c1-3-9-6(12-13-3)8-2-4-10-5(7)14-11-4/h2H2,1H3/q-1. The molecule has 0 unspecified atom stereocenters. The van der Waals surface area contributed by atoms with E-state index in [1.165, 1.54) is 0 Å². The molecule has 2 aromatic rings. The van der Waals surface area contributed by atoms with Gasteiger partial charge in [0.15, 0.2) is 0 Å². The van der Waals surface area contributed by atoms with Crippen LogP contribution in [0.2, 0.25) is 0 Å². The second-order valence-corrected chi connectivity index (χ2v) is 5.73. The number of halogens is 2. The van der Waals surface area contributed by atoms with Crippen LogP contribution in [0.5, 0.6) is 0 Å². The number of hydrogen-bond acceptors (Lipinski definition) is 6. The summed E-state index contributed by atoms with van der Waals surface area (Å²) in [6, 6.07) is 0. The first kappa shape index (κ1) is 10.3. The van der Waals surface area contributed by atoms with Gasteiger partial charge in [-0.2, -0.15) is 0 Å². The second kappa shape index (κ2) is 4.51. The molecule has 0 saturated carbocycles. The molecule has 0 aliphatic heterocycles. The fraction of sp³-hybridized carbons (Fsp3) is 0.333. The van der Waals surface area contributed by atoms with E-state index < -0.39 is 0 Å². The fourth-order valence-corrected chi connectivity index (χ4v) is 2.85. The van der Waals surface area contributed by atoms with Gasteiger partial charge in [-0.25, -0.2) is 0 Å². The summed E-state index contributed by atoms with van der Waals surface area (Å²) >= 11 is 1.66. The van der Waals surface area contributed by atoms with Crippen LogP contribution in [0.4, 0.5) is 0 Å². The zero-order valence-corrected chi connectivity index (χ0v) is 11.4. The van der Waals surface area contributed by atoms with Gasteiger partial charge in [0, 0.05) is 0 Å². The average Bonchev–Trinajstić information content (AvgIpc) is 2.72. The summed E-state index contributed by atoms with van der Waals surface area (Å²) in [5, 5.41) is 7.60. The van der Waals surface area contributed by atoms with Crippen LogP contribution in [-0.4, -0.2) is 20.3 Å². The molecule has 0 spiro atoms. The summed E-state index contributed by atoms with van der Waals surface area (Å²) in [6.45, 7) is 1.78. The van der Waals surface area contributed by atoms with Gasteiger partial charge in [-0.05, 0) is 0 Å². The van der Waals surface area contributed by atoms with Crippen LogP contribution in [0.1, 0.15) is 11.7 Å². The Balaban J connectivity index is 1.94. The van der Waals surface area contributed by atoms with Gasteiger partial charge in [0.1, 0.15) is 0 Å². The molecule has 0 bridgehead atoms. The molecule has 2 aromatic heterocycles. The molecule has 0 aliphatic carbocycles. The number of rotatable bonds is 3. The molecule has 0 amide bonds. The molecule has 0 aromatic carbocycles. The van der Waals surface area contributed by atoms with Crippen LogP contribution >= 0.6 is 22.6 Å². The quantitative estimate of drug-likeness (QED) is 0.417. The molecule has 6 nitrogen and oxygen atoms in total. The first-order chi connectivity index (χ1) is 6.74. The Morgan fingerprint density at radius 1 is 1.29 bits per heavy atom. The van der Waals surface area contributed by atoms with Gasteiger partial charge in [-0.1, -0.05) is 0 Å². The Morgan fingerprint density at radius 2 is 2.14 bits per heavy atom. The summed E-state index contributed by atoms with van der Waals surface area (Å²) in [4.78, 5) is 8.20. The Kier molecular flexibility index (Phi) is 3.30. The average molecular weight is 419 g/mol. The fourth-order valence-electron chi connectivity index (χ4n) is 0.735. The van der Waals surface area contributed by atoms with E-state index in [1.54, 1.807) is 6.92 Å². The van der Waals surface area contributed by atoms with Crippen molar-refractivity contribution in [2.75, 3.05) is 0 Å². The molecule has 0 radical (unpaired) electrons. The zero-order chi connectivity index (χ0) is 9.97. The predicted octanol–water partition coefficient (Wildman–Crippen LogP) is -2.18. The summed E-state index contributed by atoms with van der Waals surface area (Å²) in [6.07, 6.45) is 0. The van der Waals surface area contributed by atoms with Crippen LogP contribution in [0.3, 0.4) is 0 Å². The van der Waals surface area contributed by atoms with Crippen LogP contribution in [0, 0.1) is 14.7 Å². The molecule has 14 heavy (non-hydrogen) atoms. The number of aryl methyl sites for hydroxylation is 1. The van der Waals surface area contributed by atoms with E-state index in [9.17, 15) is 0 Å². The number of nitrogens with zero attached hydrogens (tertiary/aromatic N) is 4. The van der Waals surface area contributed by atoms with Crippen molar-refractivity contribution < 1.29 is 30.3 Å². The molecule has 0 N–H and O–H groups in total. The molecule has 8 heteroatoms. The molecule has 76 valence electrons. The Bertz CT molecular complexity index is 387. The molecule has 0 atom stereocenters. The van der Waals surface area contributed by atoms with Gasteiger partial charge in [0.25, 0.3) is 0 Å². The van der Waals surface area contributed by atoms with Crippen molar-refractivity contribution in [3.8, 4) is 0 Å². The maximum atomic E-state index is 4.86. The summed E-state index contributed by atoms with van der Waals surface area (Å²) in [5.41, 5.74) is 0. The van der Waals surface area contributed by atoms with Crippen LogP contribution in [0.15, 0.2) is 9.05 Å². The Hall–Kier alpha value is -0.260. The third-order valence-electron chi connectivity index (χ3n) is 1.25. The van der Waals surface area contributed by atoms with Crippen molar-refractivity contribution in [3.05, 3.63) is 19.4 Å². The predicted molar refractivity (Wildman–Crippen MR) is 48.5 cm³/mol. The van der Waals surface area contributed by atoms with Crippen LogP contribution in [0.25, 0.3) is 0 Å². The van der Waals surface area contributed by atoms with Gasteiger partial charge < -0.3 is 0 Å². The van der Waals surface area contributed by atoms with E-state index in [0.717, 1.165) is 8.26 Å². The number of alkyl halides is 1. The summed E-state index contributed by atoms with van der Waals surface area (Å²) in [7, 11) is 0. The first-order valence-electron chi connectivity index (χ1n) is 3.61.